The van der Waals surface area contributed by atoms with Crippen LogP contribution < -0.4 is 20.1 Å². The Morgan fingerprint density at radius 3 is 2.21 bits per heavy atom. The van der Waals surface area contributed by atoms with Gasteiger partial charge in [0.15, 0.2) is 0 Å². The van der Waals surface area contributed by atoms with Gasteiger partial charge in [0.1, 0.15) is 24.7 Å². The van der Waals surface area contributed by atoms with Crippen LogP contribution in [0.25, 0.3) is 0 Å². The third-order valence-corrected chi connectivity index (χ3v) is 5.82. The van der Waals surface area contributed by atoms with Crippen molar-refractivity contribution in [3.05, 3.63) is 90.0 Å². The minimum atomic E-state index is -0.302. The zero-order valence-corrected chi connectivity index (χ0v) is 19.2. The van der Waals surface area contributed by atoms with Gasteiger partial charge in [0, 0.05) is 11.6 Å². The van der Waals surface area contributed by atoms with Crippen LogP contribution in [-0.4, -0.2) is 31.1 Å². The van der Waals surface area contributed by atoms with Crippen LogP contribution in [0.2, 0.25) is 0 Å². The van der Waals surface area contributed by atoms with Gasteiger partial charge in [-0.2, -0.15) is 0 Å². The lowest BCUT2D eigenvalue weighted by atomic mass is 9.95. The van der Waals surface area contributed by atoms with Gasteiger partial charge in [0.2, 0.25) is 0 Å². The van der Waals surface area contributed by atoms with E-state index >= 15 is 0 Å². The Labute approximate surface area is 200 Å². The highest BCUT2D eigenvalue weighted by molar-refractivity contribution is 6.09. The number of para-hydroxylation sites is 2. The Morgan fingerprint density at radius 1 is 0.735 bits per heavy atom. The number of anilines is 1. The summed E-state index contributed by atoms with van der Waals surface area (Å²) >= 11 is 0. The van der Waals surface area contributed by atoms with Gasteiger partial charge in [-0.15, -0.1) is 0 Å². The Bertz CT molecular complexity index is 1090. The first-order valence-corrected chi connectivity index (χ1v) is 11.8. The summed E-state index contributed by atoms with van der Waals surface area (Å²) in [6.07, 6.45) is 5.51. The minimum absolute atomic E-state index is 0.154. The highest BCUT2D eigenvalue weighted by Gasteiger charge is 2.19. The molecule has 6 heteroatoms. The normalized spacial score (nSPS) is 13.6. The summed E-state index contributed by atoms with van der Waals surface area (Å²) in [7, 11) is 0. The molecule has 2 N–H and O–H groups in total. The van der Waals surface area contributed by atoms with E-state index in [-0.39, 0.29) is 17.9 Å². The molecule has 2 amide bonds. The molecule has 0 aliphatic heterocycles. The minimum Gasteiger partial charge on any atom is -0.490 e. The van der Waals surface area contributed by atoms with E-state index in [1.807, 2.05) is 30.3 Å². The number of hydrogen-bond acceptors (Lipinski definition) is 4. The van der Waals surface area contributed by atoms with Gasteiger partial charge in [0.05, 0.1) is 11.3 Å². The van der Waals surface area contributed by atoms with Crippen LogP contribution in [0.4, 0.5) is 5.69 Å². The summed E-state index contributed by atoms with van der Waals surface area (Å²) in [5, 5.41) is 6.00. The molecule has 1 aliphatic rings. The average molecular weight is 459 g/mol. The fraction of sp³-hybridized carbons (Fsp3) is 0.286. The van der Waals surface area contributed by atoms with Crippen molar-refractivity contribution >= 4 is 17.5 Å². The van der Waals surface area contributed by atoms with Crippen LogP contribution in [0, 0.1) is 0 Å². The van der Waals surface area contributed by atoms with Crippen molar-refractivity contribution in [1.82, 2.24) is 5.32 Å². The lowest BCUT2D eigenvalue weighted by Crippen LogP contribution is -2.36. The molecule has 0 aromatic heterocycles. The molecule has 0 atom stereocenters. The lowest BCUT2D eigenvalue weighted by Gasteiger charge is -2.23. The molecule has 3 aromatic carbocycles. The lowest BCUT2D eigenvalue weighted by molar-refractivity contribution is 0.0928. The molecule has 0 spiro atoms. The quantitative estimate of drug-likeness (QED) is 0.418. The maximum absolute atomic E-state index is 12.9. The molecule has 0 heterocycles. The zero-order valence-electron chi connectivity index (χ0n) is 19.2. The van der Waals surface area contributed by atoms with Crippen molar-refractivity contribution < 1.29 is 19.1 Å². The molecular formula is C28H30N2O4. The van der Waals surface area contributed by atoms with Gasteiger partial charge in [-0.05, 0) is 55.3 Å². The maximum atomic E-state index is 12.9. The maximum Gasteiger partial charge on any atom is 0.255 e. The number of ether oxygens (including phenoxy) is 2. The Kier molecular flexibility index (Phi) is 8.17. The van der Waals surface area contributed by atoms with Gasteiger partial charge in [-0.3, -0.25) is 9.59 Å². The molecule has 1 aliphatic carbocycles. The summed E-state index contributed by atoms with van der Waals surface area (Å²) in [6, 6.07) is 23.8. The average Bonchev–Trinajstić information content (AvgIpc) is 2.88. The molecule has 0 radical (unpaired) electrons. The van der Waals surface area contributed by atoms with Gasteiger partial charge < -0.3 is 20.1 Å². The standard InChI is InChI=1S/C28H30N2O4/c31-27(21-10-9-15-24(20-21)34-19-18-33-23-13-5-2-6-14-23)30-26-17-8-7-16-25(26)28(32)29-22-11-3-1-4-12-22/h2,5-10,13-17,20,22H,1,3-4,11-12,18-19H2,(H,29,32)(H,30,31). The summed E-state index contributed by atoms with van der Waals surface area (Å²) in [5.41, 5.74) is 1.40. The molecule has 3 aromatic rings. The monoisotopic (exact) mass is 458 g/mol. The molecule has 0 saturated heterocycles. The van der Waals surface area contributed by atoms with E-state index in [9.17, 15) is 9.59 Å². The molecular weight excluding hydrogens is 428 g/mol. The van der Waals surface area contributed by atoms with E-state index < -0.39 is 0 Å². The van der Waals surface area contributed by atoms with Crippen molar-refractivity contribution in [3.8, 4) is 11.5 Å². The van der Waals surface area contributed by atoms with Gasteiger partial charge in [-0.1, -0.05) is 55.7 Å². The molecule has 0 unspecified atom stereocenters. The highest BCUT2D eigenvalue weighted by Crippen LogP contribution is 2.21. The van der Waals surface area contributed by atoms with Crippen molar-refractivity contribution in [3.63, 3.8) is 0 Å². The van der Waals surface area contributed by atoms with Crippen LogP contribution in [-0.2, 0) is 0 Å². The summed E-state index contributed by atoms with van der Waals surface area (Å²) < 4.78 is 11.4. The molecule has 6 nitrogen and oxygen atoms in total. The van der Waals surface area contributed by atoms with Gasteiger partial charge in [0.25, 0.3) is 11.8 Å². The summed E-state index contributed by atoms with van der Waals surface area (Å²) in [6.45, 7) is 0.744. The molecule has 4 rings (SSSR count). The molecule has 176 valence electrons. The third-order valence-electron chi connectivity index (χ3n) is 5.82. The Balaban J connectivity index is 1.34. The number of carbonyl (C=O) groups is 2. The second-order valence-corrected chi connectivity index (χ2v) is 8.35. The van der Waals surface area contributed by atoms with Crippen LogP contribution in [0.1, 0.15) is 52.8 Å². The predicted octanol–water partition coefficient (Wildman–Crippen LogP) is 5.46. The van der Waals surface area contributed by atoms with Crippen LogP contribution >= 0.6 is 0 Å². The number of rotatable bonds is 9. The number of amides is 2. The van der Waals surface area contributed by atoms with Crippen LogP contribution in [0.3, 0.4) is 0 Å². The van der Waals surface area contributed by atoms with E-state index in [1.54, 1.807) is 48.5 Å². The van der Waals surface area contributed by atoms with Crippen molar-refractivity contribution in [2.45, 2.75) is 38.1 Å². The molecule has 1 saturated carbocycles. The second-order valence-electron chi connectivity index (χ2n) is 8.35. The fourth-order valence-corrected chi connectivity index (χ4v) is 4.06. The fourth-order valence-electron chi connectivity index (χ4n) is 4.06. The highest BCUT2D eigenvalue weighted by atomic mass is 16.5. The predicted molar refractivity (Wildman–Crippen MR) is 133 cm³/mol. The number of nitrogens with one attached hydrogen (secondary N) is 2. The number of benzene rings is 3. The largest absolute Gasteiger partial charge is 0.490 e. The molecule has 1 fully saturated rings. The van der Waals surface area contributed by atoms with Gasteiger partial charge >= 0.3 is 0 Å². The number of carbonyl (C=O) groups excluding carboxylic acids is 2. The van der Waals surface area contributed by atoms with Crippen molar-refractivity contribution in [1.29, 1.82) is 0 Å². The van der Waals surface area contributed by atoms with Gasteiger partial charge in [-0.25, -0.2) is 0 Å². The smallest absolute Gasteiger partial charge is 0.255 e. The van der Waals surface area contributed by atoms with Crippen LogP contribution in [0.5, 0.6) is 11.5 Å². The van der Waals surface area contributed by atoms with E-state index in [1.165, 1.54) is 6.42 Å². The van der Waals surface area contributed by atoms with Crippen molar-refractivity contribution in [2.24, 2.45) is 0 Å². The van der Waals surface area contributed by atoms with Crippen LogP contribution in [0.15, 0.2) is 78.9 Å². The zero-order chi connectivity index (χ0) is 23.6. The van der Waals surface area contributed by atoms with Crippen molar-refractivity contribution in [2.75, 3.05) is 18.5 Å². The summed E-state index contributed by atoms with van der Waals surface area (Å²) in [4.78, 5) is 25.8. The second kappa shape index (κ2) is 11.9. The molecule has 34 heavy (non-hydrogen) atoms. The Morgan fingerprint density at radius 2 is 1.41 bits per heavy atom. The van der Waals surface area contributed by atoms with E-state index in [0.29, 0.717) is 35.8 Å². The van der Waals surface area contributed by atoms with E-state index in [2.05, 4.69) is 10.6 Å². The first-order valence-electron chi connectivity index (χ1n) is 11.8. The third kappa shape index (κ3) is 6.61. The summed E-state index contributed by atoms with van der Waals surface area (Å²) in [5.74, 6) is 0.903. The SMILES string of the molecule is O=C(Nc1ccccc1C(=O)NC1CCCCC1)c1cccc(OCCOc2ccccc2)c1. The van der Waals surface area contributed by atoms with E-state index in [0.717, 1.165) is 31.4 Å². The van der Waals surface area contributed by atoms with E-state index in [4.69, 9.17) is 9.47 Å². The molecule has 0 bridgehead atoms. The first-order chi connectivity index (χ1) is 16.7. The topological polar surface area (TPSA) is 76.7 Å². The number of hydrogen-bond donors (Lipinski definition) is 2. The Hall–Kier alpha value is -3.80. The first kappa shape index (κ1) is 23.4.